The molecule has 0 amide bonds. The highest BCUT2D eigenvalue weighted by molar-refractivity contribution is 6.32. The Morgan fingerprint density at radius 1 is 1.47 bits per heavy atom. The zero-order valence-electron chi connectivity index (χ0n) is 8.83. The smallest absolute Gasteiger partial charge is 0.232 e. The summed E-state index contributed by atoms with van der Waals surface area (Å²) in [6.45, 7) is 1.40. The molecule has 0 unspecified atom stereocenters. The molecule has 0 bridgehead atoms. The molecule has 15 heavy (non-hydrogen) atoms. The summed E-state index contributed by atoms with van der Waals surface area (Å²) < 4.78 is 5.42. The first-order valence-electron chi connectivity index (χ1n) is 4.61. The van der Waals surface area contributed by atoms with Crippen LogP contribution in [0.2, 0.25) is 5.02 Å². The molecular weight excluding hydrogens is 235 g/mol. The lowest BCUT2D eigenvalue weighted by molar-refractivity contribution is 0.254. The van der Waals surface area contributed by atoms with E-state index in [1.54, 1.807) is 12.3 Å². The minimum Gasteiger partial charge on any atom is -0.475 e. The van der Waals surface area contributed by atoms with Crippen LogP contribution in [0.5, 0.6) is 5.88 Å². The maximum absolute atomic E-state index is 5.96. The number of aromatic nitrogens is 1. The van der Waals surface area contributed by atoms with Crippen molar-refractivity contribution >= 4 is 23.2 Å². The van der Waals surface area contributed by atoms with Crippen molar-refractivity contribution in [3.05, 3.63) is 22.8 Å². The molecule has 1 rings (SSSR count). The zero-order chi connectivity index (χ0) is 11.3. The van der Waals surface area contributed by atoms with Crippen molar-refractivity contribution in [1.29, 1.82) is 0 Å². The van der Waals surface area contributed by atoms with E-state index in [0.717, 1.165) is 12.1 Å². The maximum Gasteiger partial charge on any atom is 0.232 e. The van der Waals surface area contributed by atoms with Gasteiger partial charge in [0.1, 0.15) is 11.6 Å². The van der Waals surface area contributed by atoms with Crippen molar-refractivity contribution in [3.8, 4) is 5.88 Å². The Bertz CT molecular complexity index is 318. The number of nitrogens with zero attached hydrogens (tertiary/aromatic N) is 2. The molecule has 0 spiro atoms. The van der Waals surface area contributed by atoms with Gasteiger partial charge in [-0.3, -0.25) is 0 Å². The molecule has 5 heteroatoms. The molecule has 0 aliphatic rings. The van der Waals surface area contributed by atoms with Gasteiger partial charge in [-0.05, 0) is 25.7 Å². The molecule has 0 atom stereocenters. The molecule has 0 N–H and O–H groups in total. The highest BCUT2D eigenvalue weighted by Crippen LogP contribution is 2.22. The Labute approximate surface area is 100.0 Å². The number of likely N-dealkylation sites (N-methyl/N-ethyl adjacent to an activating group) is 1. The molecule has 0 aromatic carbocycles. The van der Waals surface area contributed by atoms with E-state index in [9.17, 15) is 0 Å². The molecule has 0 aliphatic carbocycles. The highest BCUT2D eigenvalue weighted by Gasteiger charge is 2.04. The number of hydrogen-bond donors (Lipinski definition) is 0. The quantitative estimate of drug-likeness (QED) is 0.749. The van der Waals surface area contributed by atoms with Crippen molar-refractivity contribution in [2.24, 2.45) is 0 Å². The fourth-order valence-corrected chi connectivity index (χ4v) is 1.36. The fraction of sp³-hybridized carbons (Fsp3) is 0.500. The minimum absolute atomic E-state index is 0.407. The van der Waals surface area contributed by atoms with E-state index in [-0.39, 0.29) is 0 Å². The normalized spacial score (nSPS) is 10.7. The van der Waals surface area contributed by atoms with Gasteiger partial charge in [0.15, 0.2) is 0 Å². The van der Waals surface area contributed by atoms with E-state index in [1.165, 1.54) is 0 Å². The van der Waals surface area contributed by atoms with Crippen LogP contribution in [0.15, 0.2) is 12.3 Å². The molecular formula is C10H14Cl2N2O. The molecule has 3 nitrogen and oxygen atoms in total. The number of ether oxygens (including phenoxy) is 1. The van der Waals surface area contributed by atoms with E-state index >= 15 is 0 Å². The van der Waals surface area contributed by atoms with Crippen molar-refractivity contribution < 1.29 is 4.74 Å². The Balaban J connectivity index is 2.54. The SMILES string of the molecule is CN(C)CCOc1ncc(CCl)cc1Cl. The Morgan fingerprint density at radius 2 is 2.20 bits per heavy atom. The van der Waals surface area contributed by atoms with Gasteiger partial charge in [0.25, 0.3) is 0 Å². The van der Waals surface area contributed by atoms with Crippen molar-refractivity contribution in [3.63, 3.8) is 0 Å². The van der Waals surface area contributed by atoms with Gasteiger partial charge in [-0.2, -0.15) is 0 Å². The summed E-state index contributed by atoms with van der Waals surface area (Å²) in [7, 11) is 3.96. The number of rotatable bonds is 5. The standard InChI is InChI=1S/C10H14Cl2N2O/c1-14(2)3-4-15-10-9(12)5-8(6-11)7-13-10/h5,7H,3-4,6H2,1-2H3. The Kier molecular flexibility index (Phi) is 5.15. The monoisotopic (exact) mass is 248 g/mol. The van der Waals surface area contributed by atoms with Crippen LogP contribution in [-0.4, -0.2) is 37.1 Å². The van der Waals surface area contributed by atoms with Crippen molar-refractivity contribution in [1.82, 2.24) is 9.88 Å². The topological polar surface area (TPSA) is 25.4 Å². The van der Waals surface area contributed by atoms with Crippen LogP contribution in [0.3, 0.4) is 0 Å². The Morgan fingerprint density at radius 3 is 2.73 bits per heavy atom. The third-order valence-electron chi connectivity index (χ3n) is 1.80. The summed E-state index contributed by atoms with van der Waals surface area (Å²) in [6.07, 6.45) is 1.67. The summed E-state index contributed by atoms with van der Waals surface area (Å²) in [5.41, 5.74) is 0.890. The van der Waals surface area contributed by atoms with Gasteiger partial charge in [-0.25, -0.2) is 4.98 Å². The predicted octanol–water partition coefficient (Wildman–Crippen LogP) is 2.41. The predicted molar refractivity (Wildman–Crippen MR) is 62.9 cm³/mol. The molecule has 0 saturated heterocycles. The summed E-state index contributed by atoms with van der Waals surface area (Å²) in [4.78, 5) is 6.12. The summed E-state index contributed by atoms with van der Waals surface area (Å²) >= 11 is 11.6. The first-order valence-corrected chi connectivity index (χ1v) is 5.52. The van der Waals surface area contributed by atoms with Crippen LogP contribution >= 0.6 is 23.2 Å². The molecule has 0 aliphatic heterocycles. The highest BCUT2D eigenvalue weighted by atomic mass is 35.5. The number of alkyl halides is 1. The van der Waals surface area contributed by atoms with E-state index in [2.05, 4.69) is 4.98 Å². The lowest BCUT2D eigenvalue weighted by Crippen LogP contribution is -2.19. The third kappa shape index (κ3) is 4.24. The molecule has 0 fully saturated rings. The average molecular weight is 249 g/mol. The van der Waals surface area contributed by atoms with Gasteiger partial charge in [-0.1, -0.05) is 11.6 Å². The average Bonchev–Trinajstić information content (AvgIpc) is 2.20. The van der Waals surface area contributed by atoms with Gasteiger partial charge in [0.05, 0.1) is 0 Å². The van der Waals surface area contributed by atoms with Gasteiger partial charge in [0, 0.05) is 18.6 Å². The van der Waals surface area contributed by atoms with Crippen molar-refractivity contribution in [2.75, 3.05) is 27.2 Å². The van der Waals surface area contributed by atoms with Gasteiger partial charge >= 0.3 is 0 Å². The second kappa shape index (κ2) is 6.16. The largest absolute Gasteiger partial charge is 0.475 e. The van der Waals surface area contributed by atoms with Crippen LogP contribution in [0, 0.1) is 0 Å². The third-order valence-corrected chi connectivity index (χ3v) is 2.38. The van der Waals surface area contributed by atoms with Crippen LogP contribution in [0.1, 0.15) is 5.56 Å². The van der Waals surface area contributed by atoms with Crippen LogP contribution in [0.4, 0.5) is 0 Å². The molecule has 1 aromatic heterocycles. The van der Waals surface area contributed by atoms with E-state index in [0.29, 0.717) is 23.4 Å². The summed E-state index contributed by atoms with van der Waals surface area (Å²) in [5, 5.41) is 0.506. The molecule has 0 saturated carbocycles. The molecule has 1 aromatic rings. The minimum atomic E-state index is 0.407. The number of hydrogen-bond acceptors (Lipinski definition) is 3. The van der Waals surface area contributed by atoms with Crippen LogP contribution in [-0.2, 0) is 5.88 Å². The second-order valence-corrected chi connectivity index (χ2v) is 4.09. The van der Waals surface area contributed by atoms with Gasteiger partial charge in [-0.15, -0.1) is 11.6 Å². The number of halogens is 2. The lowest BCUT2D eigenvalue weighted by atomic mass is 10.3. The zero-order valence-corrected chi connectivity index (χ0v) is 10.3. The van der Waals surface area contributed by atoms with E-state index in [4.69, 9.17) is 27.9 Å². The van der Waals surface area contributed by atoms with E-state index < -0.39 is 0 Å². The first-order chi connectivity index (χ1) is 7.13. The maximum atomic E-state index is 5.96. The second-order valence-electron chi connectivity index (χ2n) is 3.42. The van der Waals surface area contributed by atoms with Crippen molar-refractivity contribution in [2.45, 2.75) is 5.88 Å². The molecule has 84 valence electrons. The van der Waals surface area contributed by atoms with Gasteiger partial charge < -0.3 is 9.64 Å². The van der Waals surface area contributed by atoms with Crippen LogP contribution < -0.4 is 4.74 Å². The summed E-state index contributed by atoms with van der Waals surface area (Å²) in [6, 6.07) is 1.77. The molecule has 1 heterocycles. The first kappa shape index (κ1) is 12.6. The lowest BCUT2D eigenvalue weighted by Gasteiger charge is -2.11. The Hall–Kier alpha value is -0.510. The number of pyridine rings is 1. The van der Waals surface area contributed by atoms with Gasteiger partial charge in [0.2, 0.25) is 5.88 Å². The molecule has 0 radical (unpaired) electrons. The summed E-state index contributed by atoms with van der Waals surface area (Å²) in [5.74, 6) is 0.873. The fourth-order valence-electron chi connectivity index (χ4n) is 0.969. The van der Waals surface area contributed by atoms with E-state index in [1.807, 2.05) is 19.0 Å². The van der Waals surface area contributed by atoms with Crippen LogP contribution in [0.25, 0.3) is 0 Å².